The van der Waals surface area contributed by atoms with Crippen molar-refractivity contribution in [2.75, 3.05) is 5.32 Å². The quantitative estimate of drug-likeness (QED) is 0.904. The molecule has 0 saturated carbocycles. The minimum Gasteiger partial charge on any atom is -0.325 e. The summed E-state index contributed by atoms with van der Waals surface area (Å²) in [6.45, 7) is 3.91. The number of amides is 1. The number of nitrogens with zero attached hydrogens (tertiary/aromatic N) is 1. The molecule has 2 aromatic rings. The third-order valence-electron chi connectivity index (χ3n) is 2.40. The fraction of sp³-hybridized carbons (Fsp3) is 0.231. The largest absolute Gasteiger partial charge is 0.325 e. The molecule has 1 heterocycles. The predicted molar refractivity (Wildman–Crippen MR) is 70.4 cm³/mol. The van der Waals surface area contributed by atoms with Crippen molar-refractivity contribution in [3.8, 4) is 0 Å². The Morgan fingerprint density at radius 2 is 2.12 bits per heavy atom. The first kappa shape index (κ1) is 11.8. The fourth-order valence-corrected chi connectivity index (χ4v) is 2.30. The zero-order chi connectivity index (χ0) is 12.3. The standard InChI is InChI=1S/C13H14N2OS/c1-9-5-3-4-6-11(9)15-12(16)7-13-14-10(2)8-17-13/h3-6,8H,7H2,1-2H3,(H,15,16). The SMILES string of the molecule is Cc1csc(CC(=O)Nc2ccccc2C)n1. The molecule has 0 spiro atoms. The Morgan fingerprint density at radius 3 is 2.76 bits per heavy atom. The number of carbonyl (C=O) groups is 1. The van der Waals surface area contributed by atoms with Gasteiger partial charge in [0.2, 0.25) is 5.91 Å². The molecule has 0 saturated heterocycles. The smallest absolute Gasteiger partial charge is 0.231 e. The van der Waals surface area contributed by atoms with Gasteiger partial charge < -0.3 is 5.32 Å². The van der Waals surface area contributed by atoms with Crippen LogP contribution in [0.4, 0.5) is 5.69 Å². The van der Waals surface area contributed by atoms with Crippen molar-refractivity contribution in [1.29, 1.82) is 0 Å². The Morgan fingerprint density at radius 1 is 1.35 bits per heavy atom. The molecule has 1 N–H and O–H groups in total. The summed E-state index contributed by atoms with van der Waals surface area (Å²) in [6, 6.07) is 7.74. The van der Waals surface area contributed by atoms with E-state index in [0.29, 0.717) is 6.42 Å². The van der Waals surface area contributed by atoms with Gasteiger partial charge in [-0.05, 0) is 25.5 Å². The number of hydrogen-bond acceptors (Lipinski definition) is 3. The number of hydrogen-bond donors (Lipinski definition) is 1. The number of benzene rings is 1. The lowest BCUT2D eigenvalue weighted by Gasteiger charge is -2.06. The van der Waals surface area contributed by atoms with Crippen molar-refractivity contribution in [3.63, 3.8) is 0 Å². The number of para-hydroxylation sites is 1. The molecule has 0 fully saturated rings. The van der Waals surface area contributed by atoms with Crippen molar-refractivity contribution in [3.05, 3.63) is 45.9 Å². The normalized spacial score (nSPS) is 10.2. The highest BCUT2D eigenvalue weighted by molar-refractivity contribution is 7.09. The van der Waals surface area contributed by atoms with Crippen LogP contribution in [0.1, 0.15) is 16.3 Å². The van der Waals surface area contributed by atoms with Gasteiger partial charge in [0.05, 0.1) is 6.42 Å². The molecular weight excluding hydrogens is 232 g/mol. The van der Waals surface area contributed by atoms with Crippen molar-refractivity contribution in [1.82, 2.24) is 4.98 Å². The first-order valence-electron chi connectivity index (χ1n) is 5.41. The predicted octanol–water partition coefficient (Wildman–Crippen LogP) is 2.94. The Labute approximate surface area is 105 Å². The third kappa shape index (κ3) is 3.14. The molecule has 2 rings (SSSR count). The molecular formula is C13H14N2OS. The summed E-state index contributed by atoms with van der Waals surface area (Å²) in [5, 5.41) is 5.71. The average Bonchev–Trinajstić information content (AvgIpc) is 2.67. The van der Waals surface area contributed by atoms with Crippen LogP contribution < -0.4 is 5.32 Å². The highest BCUT2D eigenvalue weighted by Crippen LogP contribution is 2.14. The van der Waals surface area contributed by atoms with Crippen LogP contribution >= 0.6 is 11.3 Å². The van der Waals surface area contributed by atoms with Gasteiger partial charge in [0.15, 0.2) is 0 Å². The maximum Gasteiger partial charge on any atom is 0.231 e. The van der Waals surface area contributed by atoms with E-state index < -0.39 is 0 Å². The molecule has 0 atom stereocenters. The Kier molecular flexibility index (Phi) is 3.54. The van der Waals surface area contributed by atoms with Crippen LogP contribution in [0.2, 0.25) is 0 Å². The fourth-order valence-electron chi connectivity index (χ4n) is 1.53. The molecule has 0 aliphatic rings. The lowest BCUT2D eigenvalue weighted by molar-refractivity contribution is -0.115. The van der Waals surface area contributed by atoms with Crippen molar-refractivity contribution in [2.45, 2.75) is 20.3 Å². The summed E-state index contributed by atoms with van der Waals surface area (Å²) in [5.74, 6) is -0.0198. The first-order chi connectivity index (χ1) is 8.15. The van der Waals surface area contributed by atoms with Crippen LogP contribution in [0.3, 0.4) is 0 Å². The van der Waals surface area contributed by atoms with E-state index in [9.17, 15) is 4.79 Å². The second kappa shape index (κ2) is 5.10. The van der Waals surface area contributed by atoms with E-state index >= 15 is 0 Å². The van der Waals surface area contributed by atoms with Crippen LogP contribution in [0.5, 0.6) is 0 Å². The molecule has 0 aliphatic carbocycles. The molecule has 3 nitrogen and oxygen atoms in total. The van der Waals surface area contributed by atoms with E-state index in [4.69, 9.17) is 0 Å². The monoisotopic (exact) mass is 246 g/mol. The number of nitrogens with one attached hydrogen (secondary N) is 1. The maximum atomic E-state index is 11.8. The molecule has 4 heteroatoms. The minimum atomic E-state index is -0.0198. The van der Waals surface area contributed by atoms with Crippen LogP contribution in [0, 0.1) is 13.8 Å². The first-order valence-corrected chi connectivity index (χ1v) is 6.29. The van der Waals surface area contributed by atoms with Crippen LogP contribution in [-0.4, -0.2) is 10.9 Å². The zero-order valence-corrected chi connectivity index (χ0v) is 10.7. The van der Waals surface area contributed by atoms with Crippen LogP contribution in [-0.2, 0) is 11.2 Å². The Hall–Kier alpha value is -1.68. The Bertz CT molecular complexity index is 534. The molecule has 1 aromatic heterocycles. The number of thiazole rings is 1. The molecule has 1 amide bonds. The van der Waals surface area contributed by atoms with E-state index in [1.165, 1.54) is 11.3 Å². The molecule has 0 radical (unpaired) electrons. The number of aryl methyl sites for hydroxylation is 2. The van der Waals surface area contributed by atoms with Crippen LogP contribution in [0.15, 0.2) is 29.6 Å². The number of anilines is 1. The van der Waals surface area contributed by atoms with Gasteiger partial charge in [0.1, 0.15) is 5.01 Å². The Balaban J connectivity index is 2.01. The summed E-state index contributed by atoms with van der Waals surface area (Å²) in [7, 11) is 0. The van der Waals surface area contributed by atoms with Gasteiger partial charge in [-0.2, -0.15) is 0 Å². The van der Waals surface area contributed by atoms with Gasteiger partial charge in [-0.3, -0.25) is 4.79 Å². The average molecular weight is 246 g/mol. The zero-order valence-electron chi connectivity index (χ0n) is 9.86. The number of rotatable bonds is 3. The molecule has 17 heavy (non-hydrogen) atoms. The molecule has 0 bridgehead atoms. The van der Waals surface area contributed by atoms with E-state index in [1.54, 1.807) is 0 Å². The minimum absolute atomic E-state index is 0.0198. The molecule has 0 aliphatic heterocycles. The van der Waals surface area contributed by atoms with E-state index in [-0.39, 0.29) is 5.91 Å². The summed E-state index contributed by atoms with van der Waals surface area (Å²) in [4.78, 5) is 16.1. The van der Waals surface area contributed by atoms with Crippen molar-refractivity contribution in [2.24, 2.45) is 0 Å². The second-order valence-electron chi connectivity index (χ2n) is 3.92. The summed E-state index contributed by atoms with van der Waals surface area (Å²) in [6.07, 6.45) is 0.340. The maximum absolute atomic E-state index is 11.8. The molecule has 0 unspecified atom stereocenters. The van der Waals surface area contributed by atoms with Gasteiger partial charge in [0, 0.05) is 16.8 Å². The lowest BCUT2D eigenvalue weighted by Crippen LogP contribution is -2.14. The molecule has 1 aromatic carbocycles. The van der Waals surface area contributed by atoms with Gasteiger partial charge >= 0.3 is 0 Å². The van der Waals surface area contributed by atoms with Gasteiger partial charge in [-0.25, -0.2) is 4.98 Å². The summed E-state index contributed by atoms with van der Waals surface area (Å²) in [5.41, 5.74) is 2.90. The van der Waals surface area contributed by atoms with Gasteiger partial charge in [-0.15, -0.1) is 11.3 Å². The number of aromatic nitrogens is 1. The van der Waals surface area contributed by atoms with Crippen molar-refractivity contribution >= 4 is 22.9 Å². The summed E-state index contributed by atoms with van der Waals surface area (Å²) >= 11 is 1.52. The van der Waals surface area contributed by atoms with Gasteiger partial charge in [-0.1, -0.05) is 18.2 Å². The van der Waals surface area contributed by atoms with Gasteiger partial charge in [0.25, 0.3) is 0 Å². The lowest BCUT2D eigenvalue weighted by atomic mass is 10.2. The van der Waals surface area contributed by atoms with Crippen LogP contribution in [0.25, 0.3) is 0 Å². The second-order valence-corrected chi connectivity index (χ2v) is 4.87. The number of carbonyl (C=O) groups excluding carboxylic acids is 1. The topological polar surface area (TPSA) is 42.0 Å². The third-order valence-corrected chi connectivity index (χ3v) is 3.36. The van der Waals surface area contributed by atoms with Crippen molar-refractivity contribution < 1.29 is 4.79 Å². The summed E-state index contributed by atoms with van der Waals surface area (Å²) < 4.78 is 0. The van der Waals surface area contributed by atoms with E-state index in [0.717, 1.165) is 22.0 Å². The molecule has 88 valence electrons. The highest BCUT2D eigenvalue weighted by Gasteiger charge is 2.07. The highest BCUT2D eigenvalue weighted by atomic mass is 32.1. The van der Waals surface area contributed by atoms with E-state index in [1.807, 2.05) is 43.5 Å². The van der Waals surface area contributed by atoms with E-state index in [2.05, 4.69) is 10.3 Å².